The molecule has 2 aromatic carbocycles. The molecule has 25 heavy (non-hydrogen) atoms. The highest BCUT2D eigenvalue weighted by Crippen LogP contribution is 2.25. The number of hydrogen-bond donors (Lipinski definition) is 2. The third kappa shape index (κ3) is 3.67. The number of rotatable bonds is 5. The van der Waals surface area contributed by atoms with Gasteiger partial charge in [-0.25, -0.2) is 8.42 Å². The molecule has 0 radical (unpaired) electrons. The van der Waals surface area contributed by atoms with E-state index in [0.717, 1.165) is 0 Å². The van der Waals surface area contributed by atoms with Gasteiger partial charge in [0.25, 0.3) is 0 Å². The van der Waals surface area contributed by atoms with Gasteiger partial charge < -0.3 is 5.32 Å². The van der Waals surface area contributed by atoms with Crippen LogP contribution in [0.3, 0.4) is 0 Å². The third-order valence-corrected chi connectivity index (χ3v) is 4.96. The van der Waals surface area contributed by atoms with Gasteiger partial charge in [0.1, 0.15) is 0 Å². The summed E-state index contributed by atoms with van der Waals surface area (Å²) in [5.74, 6) is -0.276. The lowest BCUT2D eigenvalue weighted by Crippen LogP contribution is -2.15. The fourth-order valence-electron chi connectivity index (χ4n) is 2.65. The molecule has 0 spiro atoms. The summed E-state index contributed by atoms with van der Waals surface area (Å²) >= 11 is 6.07. The highest BCUT2D eigenvalue weighted by molar-refractivity contribution is 7.72. The van der Waals surface area contributed by atoms with Crippen LogP contribution < -0.4 is 5.32 Å². The molecule has 0 aliphatic carbocycles. The van der Waals surface area contributed by atoms with Crippen LogP contribution >= 0.6 is 11.6 Å². The van der Waals surface area contributed by atoms with E-state index in [1.165, 1.54) is 12.3 Å². The molecule has 0 saturated heterocycles. The maximum absolute atomic E-state index is 12.3. The first-order chi connectivity index (χ1) is 12.0. The van der Waals surface area contributed by atoms with Crippen molar-refractivity contribution in [1.29, 1.82) is 0 Å². The number of aromatic nitrogens is 2. The van der Waals surface area contributed by atoms with E-state index in [9.17, 15) is 13.2 Å². The Morgan fingerprint density at radius 3 is 2.72 bits per heavy atom. The quantitative estimate of drug-likeness (QED) is 0.670. The van der Waals surface area contributed by atoms with Crippen molar-refractivity contribution in [2.45, 2.75) is 24.8 Å². The van der Waals surface area contributed by atoms with Crippen molar-refractivity contribution in [3.05, 3.63) is 53.2 Å². The normalized spacial score (nSPS) is 11.2. The molecule has 0 fully saturated rings. The number of halogens is 1. The first-order valence-corrected chi connectivity index (χ1v) is 9.22. The van der Waals surface area contributed by atoms with Gasteiger partial charge in [0.05, 0.1) is 23.0 Å². The Bertz CT molecular complexity index is 1020. The van der Waals surface area contributed by atoms with Gasteiger partial charge in [0.15, 0.2) is 10.7 Å². The van der Waals surface area contributed by atoms with Crippen LogP contribution in [0.4, 0.5) is 5.69 Å². The molecule has 8 heteroatoms. The lowest BCUT2D eigenvalue weighted by Gasteiger charge is -2.09. The van der Waals surface area contributed by atoms with Crippen LogP contribution in [0.2, 0.25) is 5.02 Å². The SMILES string of the molecule is CCn1ncc2c([SH](=O)=O)cc(NC(=O)Cc3ccccc3Cl)cc21. The number of nitrogens with zero attached hydrogens (tertiary/aromatic N) is 2. The Balaban J connectivity index is 1.93. The number of thiol groups is 1. The number of fused-ring (bicyclic) bond motifs is 1. The standard InChI is InChI=1S/C17H16ClN3O3S/c1-2-21-15-8-12(9-16(25(23)24)13(15)10-19-21)20-17(22)7-11-5-3-4-6-14(11)18/h3-6,8-10,25H,2,7H2,1H3,(H,20,22). The van der Waals surface area contributed by atoms with Crippen molar-refractivity contribution >= 4 is 44.8 Å². The van der Waals surface area contributed by atoms with Crippen LogP contribution in [0.1, 0.15) is 12.5 Å². The first kappa shape index (κ1) is 17.4. The molecule has 0 aliphatic heterocycles. The number of amides is 1. The van der Waals surface area contributed by atoms with Crippen LogP contribution in [0.5, 0.6) is 0 Å². The fraction of sp³-hybridized carbons (Fsp3) is 0.176. The van der Waals surface area contributed by atoms with E-state index in [2.05, 4.69) is 10.4 Å². The summed E-state index contributed by atoms with van der Waals surface area (Å²) in [5.41, 5.74) is 1.78. The van der Waals surface area contributed by atoms with Gasteiger partial charge in [-0.2, -0.15) is 5.10 Å². The second-order valence-electron chi connectivity index (χ2n) is 5.46. The van der Waals surface area contributed by atoms with Crippen LogP contribution in [0.15, 0.2) is 47.5 Å². The molecule has 0 atom stereocenters. The summed E-state index contributed by atoms with van der Waals surface area (Å²) in [6, 6.07) is 10.3. The van der Waals surface area contributed by atoms with Crippen molar-refractivity contribution in [1.82, 2.24) is 9.78 Å². The molecule has 0 bridgehead atoms. The van der Waals surface area contributed by atoms with E-state index >= 15 is 0 Å². The van der Waals surface area contributed by atoms with Crippen molar-refractivity contribution in [3.8, 4) is 0 Å². The summed E-state index contributed by atoms with van der Waals surface area (Å²) in [5, 5.41) is 7.97. The topological polar surface area (TPSA) is 81.1 Å². The van der Waals surface area contributed by atoms with E-state index < -0.39 is 10.7 Å². The number of anilines is 1. The van der Waals surface area contributed by atoms with Crippen LogP contribution in [-0.4, -0.2) is 24.1 Å². The fourth-order valence-corrected chi connectivity index (χ4v) is 3.47. The monoisotopic (exact) mass is 377 g/mol. The summed E-state index contributed by atoms with van der Waals surface area (Å²) < 4.78 is 24.8. The van der Waals surface area contributed by atoms with Gasteiger partial charge in [-0.05, 0) is 30.7 Å². The maximum atomic E-state index is 12.3. The van der Waals surface area contributed by atoms with Gasteiger partial charge in [-0.1, -0.05) is 29.8 Å². The highest BCUT2D eigenvalue weighted by Gasteiger charge is 2.13. The van der Waals surface area contributed by atoms with Gasteiger partial charge >= 0.3 is 0 Å². The smallest absolute Gasteiger partial charge is 0.228 e. The molecule has 0 unspecified atom stereocenters. The minimum absolute atomic E-state index is 0.101. The number of carbonyl (C=O) groups is 1. The lowest BCUT2D eigenvalue weighted by molar-refractivity contribution is -0.115. The summed E-state index contributed by atoms with van der Waals surface area (Å²) in [4.78, 5) is 12.4. The van der Waals surface area contributed by atoms with E-state index in [4.69, 9.17) is 11.6 Å². The minimum atomic E-state index is -2.81. The molecule has 3 aromatic rings. The molecule has 1 N–H and O–H groups in total. The number of aryl methyl sites for hydroxylation is 1. The predicted octanol–water partition coefficient (Wildman–Crippen LogP) is 2.86. The van der Waals surface area contributed by atoms with E-state index in [1.807, 2.05) is 6.92 Å². The van der Waals surface area contributed by atoms with Crippen molar-refractivity contribution in [2.24, 2.45) is 0 Å². The Morgan fingerprint density at radius 2 is 2.04 bits per heavy atom. The van der Waals surface area contributed by atoms with Crippen LogP contribution in [0.25, 0.3) is 10.9 Å². The summed E-state index contributed by atoms with van der Waals surface area (Å²) in [7, 11) is -2.81. The number of benzene rings is 2. The zero-order valence-corrected chi connectivity index (χ0v) is 15.1. The predicted molar refractivity (Wildman–Crippen MR) is 97.8 cm³/mol. The van der Waals surface area contributed by atoms with Crippen molar-refractivity contribution in [2.75, 3.05) is 5.32 Å². The van der Waals surface area contributed by atoms with Gasteiger partial charge in [-0.15, -0.1) is 0 Å². The Kier molecular flexibility index (Phi) is 5.06. The van der Waals surface area contributed by atoms with E-state index in [0.29, 0.717) is 33.7 Å². The Hall–Kier alpha value is -2.38. The lowest BCUT2D eigenvalue weighted by atomic mass is 10.1. The Labute approximate surface area is 151 Å². The second kappa shape index (κ2) is 7.25. The van der Waals surface area contributed by atoms with Gasteiger partial charge in [-0.3, -0.25) is 9.48 Å². The molecular weight excluding hydrogens is 362 g/mol. The van der Waals surface area contributed by atoms with E-state index in [-0.39, 0.29) is 17.2 Å². The average molecular weight is 378 g/mol. The zero-order valence-electron chi connectivity index (χ0n) is 13.4. The number of nitrogens with one attached hydrogen (secondary N) is 1. The van der Waals surface area contributed by atoms with Crippen LogP contribution in [0, 0.1) is 0 Å². The minimum Gasteiger partial charge on any atom is -0.326 e. The number of hydrogen-bond acceptors (Lipinski definition) is 4. The Morgan fingerprint density at radius 1 is 1.28 bits per heavy atom. The highest BCUT2D eigenvalue weighted by atomic mass is 35.5. The molecule has 6 nitrogen and oxygen atoms in total. The molecule has 1 amide bonds. The number of carbonyl (C=O) groups excluding carboxylic acids is 1. The van der Waals surface area contributed by atoms with E-state index in [1.54, 1.807) is 35.0 Å². The first-order valence-electron chi connectivity index (χ1n) is 7.66. The molecule has 130 valence electrons. The van der Waals surface area contributed by atoms with Gasteiger partial charge in [0.2, 0.25) is 5.91 Å². The molecule has 0 aliphatic rings. The molecular formula is C17H16ClN3O3S. The molecule has 1 aromatic heterocycles. The summed E-state index contributed by atoms with van der Waals surface area (Å²) in [6.07, 6.45) is 1.62. The second-order valence-corrected chi connectivity index (χ2v) is 6.87. The largest absolute Gasteiger partial charge is 0.326 e. The van der Waals surface area contributed by atoms with Crippen molar-refractivity contribution < 1.29 is 13.2 Å². The average Bonchev–Trinajstić information content (AvgIpc) is 2.99. The third-order valence-electron chi connectivity index (χ3n) is 3.83. The van der Waals surface area contributed by atoms with Crippen LogP contribution in [-0.2, 0) is 28.5 Å². The maximum Gasteiger partial charge on any atom is 0.228 e. The summed E-state index contributed by atoms with van der Waals surface area (Å²) in [6.45, 7) is 2.50. The van der Waals surface area contributed by atoms with Gasteiger partial charge in [0, 0.05) is 22.6 Å². The zero-order chi connectivity index (χ0) is 18.0. The molecule has 0 saturated carbocycles. The van der Waals surface area contributed by atoms with Crippen molar-refractivity contribution in [3.63, 3.8) is 0 Å². The molecule has 3 rings (SSSR count). The molecule has 1 heterocycles.